The van der Waals surface area contributed by atoms with Crippen molar-refractivity contribution in [2.45, 2.75) is 26.2 Å². The zero-order chi connectivity index (χ0) is 15.2. The zero-order valence-corrected chi connectivity index (χ0v) is 12.4. The van der Waals surface area contributed by atoms with Crippen molar-refractivity contribution in [3.05, 3.63) is 29.8 Å². The monoisotopic (exact) mass is 290 g/mol. The van der Waals surface area contributed by atoms with Crippen molar-refractivity contribution in [3.63, 3.8) is 0 Å². The number of ether oxygens (including phenoxy) is 1. The van der Waals surface area contributed by atoms with Crippen LogP contribution in [0, 0.1) is 5.92 Å². The summed E-state index contributed by atoms with van der Waals surface area (Å²) < 4.78 is 5.55. The number of hydrogen-bond acceptors (Lipinski definition) is 3. The maximum atomic E-state index is 12.1. The molecule has 21 heavy (non-hydrogen) atoms. The molecule has 2 N–H and O–H groups in total. The Morgan fingerprint density at radius 2 is 2.24 bits per heavy atom. The Bertz CT molecular complexity index is 516. The van der Waals surface area contributed by atoms with Crippen molar-refractivity contribution >= 4 is 11.8 Å². The van der Waals surface area contributed by atoms with Gasteiger partial charge in [-0.2, -0.15) is 0 Å². The number of aryl methyl sites for hydroxylation is 1. The lowest BCUT2D eigenvalue weighted by Crippen LogP contribution is -2.45. The van der Waals surface area contributed by atoms with E-state index in [4.69, 9.17) is 10.5 Å². The van der Waals surface area contributed by atoms with Crippen LogP contribution in [0.2, 0.25) is 0 Å². The number of rotatable bonds is 5. The highest BCUT2D eigenvalue weighted by Gasteiger charge is 2.26. The molecule has 1 aliphatic rings. The Kier molecular flexibility index (Phi) is 5.20. The first kappa shape index (κ1) is 15.4. The van der Waals surface area contributed by atoms with Crippen LogP contribution in [0.5, 0.6) is 5.75 Å². The fraction of sp³-hybridized carbons (Fsp3) is 0.500. The van der Waals surface area contributed by atoms with Crippen molar-refractivity contribution in [2.24, 2.45) is 11.7 Å². The number of nitrogens with two attached hydrogens (primary N) is 1. The zero-order valence-electron chi connectivity index (χ0n) is 12.4. The quantitative estimate of drug-likeness (QED) is 0.889. The Morgan fingerprint density at radius 3 is 2.95 bits per heavy atom. The van der Waals surface area contributed by atoms with E-state index < -0.39 is 0 Å². The Hall–Kier alpha value is -2.04. The largest absolute Gasteiger partial charge is 0.484 e. The third-order valence-electron chi connectivity index (χ3n) is 3.85. The van der Waals surface area contributed by atoms with Gasteiger partial charge in [-0.3, -0.25) is 9.59 Å². The number of piperidine rings is 1. The molecule has 1 fully saturated rings. The second kappa shape index (κ2) is 7.11. The molecule has 1 aliphatic heterocycles. The third-order valence-corrected chi connectivity index (χ3v) is 3.85. The molecule has 2 rings (SSSR count). The van der Waals surface area contributed by atoms with Crippen molar-refractivity contribution < 1.29 is 14.3 Å². The van der Waals surface area contributed by atoms with E-state index in [-0.39, 0.29) is 24.3 Å². The highest BCUT2D eigenvalue weighted by molar-refractivity contribution is 5.81. The molecule has 5 heteroatoms. The second-order valence-corrected chi connectivity index (χ2v) is 5.37. The number of amides is 2. The molecule has 0 bridgehead atoms. The Balaban J connectivity index is 1.87. The Labute approximate surface area is 125 Å². The van der Waals surface area contributed by atoms with Gasteiger partial charge in [-0.05, 0) is 37.0 Å². The molecule has 5 nitrogen and oxygen atoms in total. The molecule has 1 aromatic rings. The summed E-state index contributed by atoms with van der Waals surface area (Å²) in [7, 11) is 0. The lowest BCUT2D eigenvalue weighted by molar-refractivity contribution is -0.136. The molecule has 2 amide bonds. The lowest BCUT2D eigenvalue weighted by Gasteiger charge is -2.31. The minimum Gasteiger partial charge on any atom is -0.484 e. The molecule has 0 aliphatic carbocycles. The highest BCUT2D eigenvalue weighted by atomic mass is 16.5. The van der Waals surface area contributed by atoms with Crippen LogP contribution in [0.1, 0.15) is 25.3 Å². The summed E-state index contributed by atoms with van der Waals surface area (Å²) in [4.78, 5) is 25.0. The average molecular weight is 290 g/mol. The predicted octanol–water partition coefficient (Wildman–Crippen LogP) is 1.35. The summed E-state index contributed by atoms with van der Waals surface area (Å²) in [5.41, 5.74) is 6.49. The summed E-state index contributed by atoms with van der Waals surface area (Å²) in [6, 6.07) is 7.73. The van der Waals surface area contributed by atoms with E-state index in [1.165, 1.54) is 5.56 Å². The maximum absolute atomic E-state index is 12.1. The number of primary amides is 1. The van der Waals surface area contributed by atoms with Crippen LogP contribution in [0.4, 0.5) is 0 Å². The summed E-state index contributed by atoms with van der Waals surface area (Å²) in [6.07, 6.45) is 2.50. The van der Waals surface area contributed by atoms with E-state index >= 15 is 0 Å². The summed E-state index contributed by atoms with van der Waals surface area (Å²) >= 11 is 0. The van der Waals surface area contributed by atoms with Gasteiger partial charge in [0.2, 0.25) is 5.91 Å². The SMILES string of the molecule is CCc1cccc(OCC(=O)N2CCC[C@@H](C(N)=O)C2)c1. The van der Waals surface area contributed by atoms with Gasteiger partial charge in [0, 0.05) is 13.1 Å². The van der Waals surface area contributed by atoms with E-state index in [9.17, 15) is 9.59 Å². The van der Waals surface area contributed by atoms with Crippen LogP contribution in [0.15, 0.2) is 24.3 Å². The van der Waals surface area contributed by atoms with Gasteiger partial charge in [0.25, 0.3) is 5.91 Å². The fourth-order valence-corrected chi connectivity index (χ4v) is 2.53. The van der Waals surface area contributed by atoms with Gasteiger partial charge in [0.1, 0.15) is 5.75 Å². The lowest BCUT2D eigenvalue weighted by atomic mass is 9.97. The van der Waals surface area contributed by atoms with Gasteiger partial charge in [-0.15, -0.1) is 0 Å². The number of carbonyl (C=O) groups excluding carboxylic acids is 2. The molecule has 0 aromatic heterocycles. The molecule has 1 atom stereocenters. The molecule has 0 spiro atoms. The molecule has 1 aromatic carbocycles. The van der Waals surface area contributed by atoms with E-state index in [0.717, 1.165) is 19.3 Å². The van der Waals surface area contributed by atoms with Crippen molar-refractivity contribution in [2.75, 3.05) is 19.7 Å². The van der Waals surface area contributed by atoms with Gasteiger partial charge < -0.3 is 15.4 Å². The number of carbonyl (C=O) groups is 2. The van der Waals surface area contributed by atoms with Crippen LogP contribution in [0.25, 0.3) is 0 Å². The number of likely N-dealkylation sites (tertiary alicyclic amines) is 1. The summed E-state index contributed by atoms with van der Waals surface area (Å²) in [5.74, 6) is 0.0456. The van der Waals surface area contributed by atoms with E-state index in [1.807, 2.05) is 24.3 Å². The second-order valence-electron chi connectivity index (χ2n) is 5.37. The summed E-state index contributed by atoms with van der Waals surface area (Å²) in [5, 5.41) is 0. The van der Waals surface area contributed by atoms with Crippen LogP contribution in [0.3, 0.4) is 0 Å². The molecule has 0 unspecified atom stereocenters. The molecule has 1 saturated heterocycles. The highest BCUT2D eigenvalue weighted by Crippen LogP contribution is 2.17. The number of nitrogens with zero attached hydrogens (tertiary/aromatic N) is 1. The smallest absolute Gasteiger partial charge is 0.260 e. The maximum Gasteiger partial charge on any atom is 0.260 e. The minimum atomic E-state index is -0.330. The van der Waals surface area contributed by atoms with Gasteiger partial charge >= 0.3 is 0 Å². The normalized spacial score (nSPS) is 18.3. The van der Waals surface area contributed by atoms with E-state index in [2.05, 4.69) is 6.92 Å². The number of benzene rings is 1. The molecule has 0 radical (unpaired) electrons. The topological polar surface area (TPSA) is 72.6 Å². The third kappa shape index (κ3) is 4.21. The average Bonchev–Trinajstić information content (AvgIpc) is 2.53. The van der Waals surface area contributed by atoms with E-state index in [0.29, 0.717) is 18.8 Å². The molecule has 114 valence electrons. The molecular weight excluding hydrogens is 268 g/mol. The minimum absolute atomic E-state index is 0.00134. The van der Waals surface area contributed by atoms with Crippen LogP contribution < -0.4 is 10.5 Å². The molecular formula is C16H22N2O3. The first-order valence-electron chi connectivity index (χ1n) is 7.39. The fourth-order valence-electron chi connectivity index (χ4n) is 2.53. The molecule has 0 saturated carbocycles. The van der Waals surface area contributed by atoms with Crippen molar-refractivity contribution in [1.29, 1.82) is 0 Å². The Morgan fingerprint density at radius 1 is 1.43 bits per heavy atom. The van der Waals surface area contributed by atoms with Gasteiger partial charge in [-0.25, -0.2) is 0 Å². The molecule has 1 heterocycles. The van der Waals surface area contributed by atoms with Crippen LogP contribution in [-0.4, -0.2) is 36.4 Å². The standard InChI is InChI=1S/C16H22N2O3/c1-2-12-5-3-7-14(9-12)21-11-15(19)18-8-4-6-13(10-18)16(17)20/h3,5,7,9,13H,2,4,6,8,10-11H2,1H3,(H2,17,20)/t13-/m1/s1. The van der Waals surface area contributed by atoms with Crippen LogP contribution >= 0.6 is 0 Å². The first-order chi connectivity index (χ1) is 10.1. The van der Waals surface area contributed by atoms with Gasteiger partial charge in [0.15, 0.2) is 6.61 Å². The van der Waals surface area contributed by atoms with Crippen molar-refractivity contribution in [3.8, 4) is 5.75 Å². The van der Waals surface area contributed by atoms with E-state index in [1.54, 1.807) is 4.90 Å². The van der Waals surface area contributed by atoms with Gasteiger partial charge in [-0.1, -0.05) is 19.1 Å². The predicted molar refractivity (Wildman–Crippen MR) is 79.8 cm³/mol. The van der Waals surface area contributed by atoms with Crippen molar-refractivity contribution in [1.82, 2.24) is 4.90 Å². The first-order valence-corrected chi connectivity index (χ1v) is 7.39. The van der Waals surface area contributed by atoms with Gasteiger partial charge in [0.05, 0.1) is 5.92 Å². The summed E-state index contributed by atoms with van der Waals surface area (Å²) in [6.45, 7) is 3.15. The number of hydrogen-bond donors (Lipinski definition) is 1. The van der Waals surface area contributed by atoms with Crippen LogP contribution in [-0.2, 0) is 16.0 Å².